The largest absolute Gasteiger partial charge is 0.484 e. The van der Waals surface area contributed by atoms with Gasteiger partial charge in [-0.25, -0.2) is 9.69 Å². The van der Waals surface area contributed by atoms with Gasteiger partial charge >= 0.3 is 6.03 Å². The number of para-hydroxylation sites is 1. The van der Waals surface area contributed by atoms with Crippen molar-refractivity contribution in [3.8, 4) is 5.75 Å². The van der Waals surface area contributed by atoms with Crippen LogP contribution in [0.2, 0.25) is 0 Å². The van der Waals surface area contributed by atoms with Crippen molar-refractivity contribution in [2.75, 3.05) is 11.5 Å². The van der Waals surface area contributed by atoms with Crippen LogP contribution >= 0.6 is 0 Å². The Balaban J connectivity index is 1.86. The van der Waals surface area contributed by atoms with Crippen molar-refractivity contribution in [1.29, 1.82) is 0 Å². The molecule has 0 unspecified atom stereocenters. The van der Waals surface area contributed by atoms with E-state index in [1.807, 2.05) is 0 Å². The number of anilines is 1. The van der Waals surface area contributed by atoms with Crippen LogP contribution in [0.3, 0.4) is 0 Å². The van der Waals surface area contributed by atoms with E-state index in [2.05, 4.69) is 5.32 Å². The van der Waals surface area contributed by atoms with E-state index in [1.165, 1.54) is 6.08 Å². The Labute approximate surface area is 154 Å². The highest BCUT2D eigenvalue weighted by atomic mass is 16.5. The van der Waals surface area contributed by atoms with Crippen molar-refractivity contribution >= 4 is 35.5 Å². The van der Waals surface area contributed by atoms with Gasteiger partial charge in [0.1, 0.15) is 11.3 Å². The number of barbiturate groups is 1. The second kappa shape index (κ2) is 7.52. The standard InChI is InChI=1S/C19H15N3O5/c20-16(23)11-27-14-8-6-12(7-9-14)10-15-17(24)21-19(26)22(18(15)25)13-4-2-1-3-5-13/h1-10H,11H2,(H2,20,23)(H,21,24,26)/b15-10+. The topological polar surface area (TPSA) is 119 Å². The minimum absolute atomic E-state index is 0.177. The maximum Gasteiger partial charge on any atom is 0.335 e. The first kappa shape index (κ1) is 17.9. The summed E-state index contributed by atoms with van der Waals surface area (Å²) in [5.74, 6) is -1.68. The molecule has 1 aliphatic heterocycles. The number of nitrogens with one attached hydrogen (secondary N) is 1. The van der Waals surface area contributed by atoms with Crippen LogP contribution in [-0.4, -0.2) is 30.4 Å². The van der Waals surface area contributed by atoms with Crippen molar-refractivity contribution in [2.24, 2.45) is 5.73 Å². The molecule has 8 heteroatoms. The highest BCUT2D eigenvalue weighted by Crippen LogP contribution is 2.22. The summed E-state index contributed by atoms with van der Waals surface area (Å²) in [7, 11) is 0. The van der Waals surface area contributed by atoms with Gasteiger partial charge in [0.15, 0.2) is 6.61 Å². The molecule has 3 rings (SSSR count). The molecule has 2 aromatic carbocycles. The number of hydrogen-bond donors (Lipinski definition) is 2. The molecule has 0 aliphatic carbocycles. The zero-order valence-corrected chi connectivity index (χ0v) is 14.0. The molecule has 0 atom stereocenters. The molecule has 8 nitrogen and oxygen atoms in total. The monoisotopic (exact) mass is 365 g/mol. The third kappa shape index (κ3) is 4.01. The fourth-order valence-corrected chi connectivity index (χ4v) is 2.45. The van der Waals surface area contributed by atoms with Gasteiger partial charge in [-0.15, -0.1) is 0 Å². The number of carbonyl (C=O) groups excluding carboxylic acids is 4. The quantitative estimate of drug-likeness (QED) is 0.610. The van der Waals surface area contributed by atoms with Crippen molar-refractivity contribution in [1.82, 2.24) is 5.32 Å². The first-order valence-electron chi connectivity index (χ1n) is 7.93. The fourth-order valence-electron chi connectivity index (χ4n) is 2.45. The zero-order chi connectivity index (χ0) is 19.4. The molecule has 0 spiro atoms. The number of hydrogen-bond acceptors (Lipinski definition) is 5. The Morgan fingerprint density at radius 2 is 1.70 bits per heavy atom. The van der Waals surface area contributed by atoms with Crippen LogP contribution in [0.15, 0.2) is 60.2 Å². The molecular formula is C19H15N3O5. The van der Waals surface area contributed by atoms with Gasteiger partial charge in [-0.05, 0) is 35.9 Å². The second-order valence-corrected chi connectivity index (χ2v) is 5.62. The maximum absolute atomic E-state index is 12.7. The molecule has 3 N–H and O–H groups in total. The Morgan fingerprint density at radius 3 is 2.33 bits per heavy atom. The van der Waals surface area contributed by atoms with E-state index < -0.39 is 23.8 Å². The first-order chi connectivity index (χ1) is 13.0. The lowest BCUT2D eigenvalue weighted by Crippen LogP contribution is -2.54. The van der Waals surface area contributed by atoms with Crippen molar-refractivity contribution in [3.63, 3.8) is 0 Å². The van der Waals surface area contributed by atoms with E-state index in [0.29, 0.717) is 17.0 Å². The highest BCUT2D eigenvalue weighted by Gasteiger charge is 2.36. The number of ether oxygens (including phenoxy) is 1. The maximum atomic E-state index is 12.7. The predicted octanol–water partition coefficient (Wildman–Crippen LogP) is 1.22. The molecular weight excluding hydrogens is 350 g/mol. The van der Waals surface area contributed by atoms with Gasteiger partial charge in [0, 0.05) is 0 Å². The molecule has 1 heterocycles. The van der Waals surface area contributed by atoms with Crippen LogP contribution in [-0.2, 0) is 14.4 Å². The van der Waals surface area contributed by atoms with Gasteiger partial charge in [-0.1, -0.05) is 30.3 Å². The smallest absolute Gasteiger partial charge is 0.335 e. The fraction of sp³-hybridized carbons (Fsp3) is 0.0526. The normalized spacial score (nSPS) is 15.6. The molecule has 1 aliphatic rings. The minimum atomic E-state index is -0.802. The number of nitrogens with zero attached hydrogens (tertiary/aromatic N) is 1. The van der Waals surface area contributed by atoms with Crippen LogP contribution in [0.25, 0.3) is 6.08 Å². The summed E-state index contributed by atoms with van der Waals surface area (Å²) in [6.07, 6.45) is 1.37. The molecule has 1 saturated heterocycles. The summed E-state index contributed by atoms with van der Waals surface area (Å²) in [4.78, 5) is 48.5. The number of amides is 5. The predicted molar refractivity (Wildman–Crippen MR) is 96.6 cm³/mol. The van der Waals surface area contributed by atoms with E-state index in [9.17, 15) is 19.2 Å². The van der Waals surface area contributed by atoms with Crippen molar-refractivity contribution in [3.05, 3.63) is 65.7 Å². The van der Waals surface area contributed by atoms with Crippen molar-refractivity contribution < 1.29 is 23.9 Å². The molecule has 0 radical (unpaired) electrons. The first-order valence-corrected chi connectivity index (χ1v) is 7.93. The number of primary amides is 1. The molecule has 5 amide bonds. The Kier molecular flexibility index (Phi) is 4.98. The Bertz CT molecular complexity index is 936. The van der Waals surface area contributed by atoms with Gasteiger partial charge in [0.05, 0.1) is 5.69 Å². The van der Waals surface area contributed by atoms with E-state index in [1.54, 1.807) is 54.6 Å². The van der Waals surface area contributed by atoms with Gasteiger partial charge in [0.2, 0.25) is 0 Å². The molecule has 27 heavy (non-hydrogen) atoms. The number of imide groups is 2. The Hall–Kier alpha value is -3.94. The van der Waals surface area contributed by atoms with Crippen LogP contribution in [0, 0.1) is 0 Å². The minimum Gasteiger partial charge on any atom is -0.484 e. The third-order valence-corrected chi connectivity index (χ3v) is 3.69. The highest BCUT2D eigenvalue weighted by molar-refractivity contribution is 6.39. The third-order valence-electron chi connectivity index (χ3n) is 3.69. The van der Waals surface area contributed by atoms with E-state index >= 15 is 0 Å². The van der Waals surface area contributed by atoms with E-state index in [4.69, 9.17) is 10.5 Å². The van der Waals surface area contributed by atoms with Gasteiger partial charge in [-0.3, -0.25) is 19.7 Å². The second-order valence-electron chi connectivity index (χ2n) is 5.62. The van der Waals surface area contributed by atoms with Gasteiger partial charge in [0.25, 0.3) is 17.7 Å². The lowest BCUT2D eigenvalue weighted by molar-refractivity contribution is -0.123. The lowest BCUT2D eigenvalue weighted by atomic mass is 10.1. The average Bonchev–Trinajstić information content (AvgIpc) is 2.65. The molecule has 0 bridgehead atoms. The molecule has 1 fully saturated rings. The summed E-state index contributed by atoms with van der Waals surface area (Å²) in [6.45, 7) is -0.254. The Morgan fingerprint density at radius 1 is 1.04 bits per heavy atom. The molecule has 2 aromatic rings. The van der Waals surface area contributed by atoms with E-state index in [0.717, 1.165) is 4.90 Å². The van der Waals surface area contributed by atoms with Crippen LogP contribution in [0.1, 0.15) is 5.56 Å². The number of urea groups is 1. The van der Waals surface area contributed by atoms with Crippen LogP contribution in [0.4, 0.5) is 10.5 Å². The van der Waals surface area contributed by atoms with E-state index in [-0.39, 0.29) is 12.2 Å². The zero-order valence-electron chi connectivity index (χ0n) is 14.0. The van der Waals surface area contributed by atoms with Gasteiger partial charge in [-0.2, -0.15) is 0 Å². The summed E-state index contributed by atoms with van der Waals surface area (Å²) in [6, 6.07) is 13.8. The summed E-state index contributed by atoms with van der Waals surface area (Å²) in [5.41, 5.74) is 5.73. The number of nitrogens with two attached hydrogens (primary N) is 1. The summed E-state index contributed by atoms with van der Waals surface area (Å²) >= 11 is 0. The number of rotatable bonds is 5. The molecule has 0 aromatic heterocycles. The number of benzene rings is 2. The molecule has 136 valence electrons. The molecule has 0 saturated carbocycles. The SMILES string of the molecule is NC(=O)COc1ccc(/C=C2\C(=O)NC(=O)N(c3ccccc3)C2=O)cc1. The van der Waals surface area contributed by atoms with Crippen molar-refractivity contribution in [2.45, 2.75) is 0 Å². The lowest BCUT2D eigenvalue weighted by Gasteiger charge is -2.26. The summed E-state index contributed by atoms with van der Waals surface area (Å²) in [5, 5.41) is 2.16. The van der Waals surface area contributed by atoms with Crippen LogP contribution in [0.5, 0.6) is 5.75 Å². The summed E-state index contributed by atoms with van der Waals surface area (Å²) < 4.78 is 5.15. The average molecular weight is 365 g/mol. The van der Waals surface area contributed by atoms with Gasteiger partial charge < -0.3 is 10.5 Å². The number of carbonyl (C=O) groups is 4. The van der Waals surface area contributed by atoms with Crippen LogP contribution < -0.4 is 20.7 Å².